The first-order valence-electron chi connectivity index (χ1n) is 5.61. The summed E-state index contributed by atoms with van der Waals surface area (Å²) < 4.78 is 3.15. The summed E-state index contributed by atoms with van der Waals surface area (Å²) in [5.74, 6) is 0. The summed E-state index contributed by atoms with van der Waals surface area (Å²) in [5, 5.41) is 5.47. The van der Waals surface area contributed by atoms with Crippen LogP contribution in [0, 0.1) is 6.92 Å². The molecule has 90 valence electrons. The molecule has 0 amide bonds. The second-order valence-corrected chi connectivity index (χ2v) is 5.95. The first-order chi connectivity index (χ1) is 7.63. The highest BCUT2D eigenvalue weighted by Gasteiger charge is 2.29. The van der Waals surface area contributed by atoms with Crippen molar-refractivity contribution < 1.29 is 0 Å². The minimum atomic E-state index is 0.791. The Balaban J connectivity index is 2.11. The van der Waals surface area contributed by atoms with Crippen molar-refractivity contribution in [1.29, 1.82) is 0 Å². The molecule has 0 aliphatic heterocycles. The van der Waals surface area contributed by atoms with Gasteiger partial charge in [-0.05, 0) is 35.7 Å². The normalized spacial score (nSPS) is 16.1. The van der Waals surface area contributed by atoms with Gasteiger partial charge in [-0.3, -0.25) is 9.58 Å². The molecular weight excluding hydrogens is 334 g/mol. The predicted molar refractivity (Wildman–Crippen MR) is 72.9 cm³/mol. The van der Waals surface area contributed by atoms with Crippen molar-refractivity contribution in [3.63, 3.8) is 0 Å². The largest absolute Gasteiger partial charge is 0.294 e. The third kappa shape index (κ3) is 2.68. The Bertz CT molecular complexity index is 372. The van der Waals surface area contributed by atoms with Crippen LogP contribution >= 0.6 is 31.9 Å². The molecule has 1 heterocycles. The minimum Gasteiger partial charge on any atom is -0.294 e. The Labute approximate surface area is 113 Å². The van der Waals surface area contributed by atoms with E-state index in [9.17, 15) is 0 Å². The molecule has 1 aromatic heterocycles. The molecule has 1 aliphatic carbocycles. The molecule has 3 nitrogen and oxygen atoms in total. The number of nitrogens with zero attached hydrogens (tertiary/aromatic N) is 3. The number of alkyl halides is 1. The molecule has 1 saturated carbocycles. The van der Waals surface area contributed by atoms with Crippen LogP contribution in [0.1, 0.15) is 24.2 Å². The number of halogens is 2. The molecule has 0 saturated heterocycles. The summed E-state index contributed by atoms with van der Waals surface area (Å²) in [6.07, 6.45) is 2.70. The van der Waals surface area contributed by atoms with Crippen LogP contribution in [0.25, 0.3) is 0 Å². The molecule has 0 atom stereocenters. The molecule has 0 bridgehead atoms. The monoisotopic (exact) mass is 349 g/mol. The second kappa shape index (κ2) is 5.19. The maximum atomic E-state index is 4.43. The average molecular weight is 351 g/mol. The zero-order chi connectivity index (χ0) is 11.7. The van der Waals surface area contributed by atoms with Crippen LogP contribution in [0.4, 0.5) is 0 Å². The summed E-state index contributed by atoms with van der Waals surface area (Å²) in [4.78, 5) is 2.54. The maximum absolute atomic E-state index is 4.43. The second-order valence-electron chi connectivity index (χ2n) is 4.36. The highest BCUT2D eigenvalue weighted by atomic mass is 79.9. The van der Waals surface area contributed by atoms with E-state index in [1.54, 1.807) is 0 Å². The van der Waals surface area contributed by atoms with Gasteiger partial charge in [0.25, 0.3) is 0 Å². The van der Waals surface area contributed by atoms with Crippen LogP contribution in [-0.2, 0) is 13.6 Å². The number of aryl methyl sites for hydroxylation is 2. The van der Waals surface area contributed by atoms with E-state index in [1.165, 1.54) is 18.5 Å². The molecule has 0 spiro atoms. The SMILES string of the molecule is Cc1nn(C)c(CN(CCBr)C2CC2)c1Br. The van der Waals surface area contributed by atoms with Gasteiger partial charge in [0.15, 0.2) is 0 Å². The Kier molecular flexibility index (Phi) is 4.08. The van der Waals surface area contributed by atoms with E-state index in [-0.39, 0.29) is 0 Å². The zero-order valence-electron chi connectivity index (χ0n) is 9.71. The Morgan fingerprint density at radius 3 is 2.62 bits per heavy atom. The van der Waals surface area contributed by atoms with Crippen molar-refractivity contribution in [2.45, 2.75) is 32.4 Å². The topological polar surface area (TPSA) is 21.1 Å². The van der Waals surface area contributed by atoms with Crippen molar-refractivity contribution in [1.82, 2.24) is 14.7 Å². The third-order valence-corrected chi connectivity index (χ3v) is 4.44. The molecule has 1 fully saturated rings. The Morgan fingerprint density at radius 2 is 2.19 bits per heavy atom. The highest BCUT2D eigenvalue weighted by Crippen LogP contribution is 2.30. The van der Waals surface area contributed by atoms with E-state index < -0.39 is 0 Å². The summed E-state index contributed by atoms with van der Waals surface area (Å²) >= 11 is 7.15. The molecule has 16 heavy (non-hydrogen) atoms. The number of hydrogen-bond donors (Lipinski definition) is 0. The van der Waals surface area contributed by atoms with Crippen molar-refractivity contribution in [3.05, 3.63) is 15.9 Å². The van der Waals surface area contributed by atoms with Crippen molar-refractivity contribution in [2.24, 2.45) is 7.05 Å². The lowest BCUT2D eigenvalue weighted by atomic mass is 10.3. The van der Waals surface area contributed by atoms with E-state index in [2.05, 4.69) is 41.9 Å². The molecule has 0 unspecified atom stereocenters. The van der Waals surface area contributed by atoms with Crippen LogP contribution in [0.3, 0.4) is 0 Å². The van der Waals surface area contributed by atoms with Crippen molar-refractivity contribution in [2.75, 3.05) is 11.9 Å². The Hall–Kier alpha value is 0.130. The lowest BCUT2D eigenvalue weighted by molar-refractivity contribution is 0.264. The van der Waals surface area contributed by atoms with E-state index in [1.807, 2.05) is 18.7 Å². The minimum absolute atomic E-state index is 0.791. The van der Waals surface area contributed by atoms with Gasteiger partial charge in [0.05, 0.1) is 15.9 Å². The fraction of sp³-hybridized carbons (Fsp3) is 0.727. The molecule has 0 aromatic carbocycles. The number of aromatic nitrogens is 2. The molecule has 0 radical (unpaired) electrons. The van der Waals surface area contributed by atoms with E-state index in [4.69, 9.17) is 0 Å². The first-order valence-corrected chi connectivity index (χ1v) is 7.53. The van der Waals surface area contributed by atoms with Crippen LogP contribution < -0.4 is 0 Å². The molecule has 5 heteroatoms. The summed E-state index contributed by atoms with van der Waals surface area (Å²) in [7, 11) is 2.02. The van der Waals surface area contributed by atoms with Gasteiger partial charge in [-0.1, -0.05) is 15.9 Å². The maximum Gasteiger partial charge on any atom is 0.0739 e. The molecule has 1 aliphatic rings. The van der Waals surface area contributed by atoms with E-state index >= 15 is 0 Å². The van der Waals surface area contributed by atoms with Gasteiger partial charge in [0.1, 0.15) is 0 Å². The van der Waals surface area contributed by atoms with Gasteiger partial charge in [-0.15, -0.1) is 0 Å². The summed E-state index contributed by atoms with van der Waals surface area (Å²) in [6, 6.07) is 0.791. The smallest absolute Gasteiger partial charge is 0.0739 e. The lowest BCUT2D eigenvalue weighted by Gasteiger charge is -2.21. The highest BCUT2D eigenvalue weighted by molar-refractivity contribution is 9.10. The number of rotatable bonds is 5. The van der Waals surface area contributed by atoms with Crippen LogP contribution in [0.15, 0.2) is 4.47 Å². The third-order valence-electron chi connectivity index (χ3n) is 3.05. The van der Waals surface area contributed by atoms with E-state index in [0.29, 0.717) is 0 Å². The fourth-order valence-corrected chi connectivity index (χ4v) is 2.90. The van der Waals surface area contributed by atoms with Crippen LogP contribution in [0.5, 0.6) is 0 Å². The zero-order valence-corrected chi connectivity index (χ0v) is 12.9. The van der Waals surface area contributed by atoms with E-state index in [0.717, 1.165) is 34.6 Å². The van der Waals surface area contributed by atoms with Gasteiger partial charge in [-0.2, -0.15) is 5.10 Å². The Morgan fingerprint density at radius 1 is 1.50 bits per heavy atom. The quantitative estimate of drug-likeness (QED) is 0.761. The van der Waals surface area contributed by atoms with Gasteiger partial charge in [0, 0.05) is 31.5 Å². The standard InChI is InChI=1S/C11H17Br2N3/c1-8-11(13)10(15(2)14-8)7-16(6-5-12)9-3-4-9/h9H,3-7H2,1-2H3. The van der Waals surface area contributed by atoms with Gasteiger partial charge >= 0.3 is 0 Å². The molecule has 0 N–H and O–H groups in total. The van der Waals surface area contributed by atoms with Gasteiger partial charge in [0.2, 0.25) is 0 Å². The summed E-state index contributed by atoms with van der Waals surface area (Å²) in [5.41, 5.74) is 2.36. The first kappa shape index (κ1) is 12.6. The lowest BCUT2D eigenvalue weighted by Crippen LogP contribution is -2.28. The summed E-state index contributed by atoms with van der Waals surface area (Å²) in [6.45, 7) is 4.15. The van der Waals surface area contributed by atoms with Crippen molar-refractivity contribution >= 4 is 31.9 Å². The average Bonchev–Trinajstić information content (AvgIpc) is 3.03. The van der Waals surface area contributed by atoms with Crippen LogP contribution in [-0.4, -0.2) is 32.6 Å². The molecular formula is C11H17Br2N3. The molecule has 1 aromatic rings. The number of hydrogen-bond acceptors (Lipinski definition) is 2. The fourth-order valence-electron chi connectivity index (χ4n) is 1.98. The van der Waals surface area contributed by atoms with Crippen LogP contribution in [0.2, 0.25) is 0 Å². The molecule has 2 rings (SSSR count). The van der Waals surface area contributed by atoms with Gasteiger partial charge < -0.3 is 0 Å². The predicted octanol–water partition coefficient (Wildman–Crippen LogP) is 2.85. The van der Waals surface area contributed by atoms with Gasteiger partial charge in [-0.25, -0.2) is 0 Å². The van der Waals surface area contributed by atoms with Crippen molar-refractivity contribution in [3.8, 4) is 0 Å².